The molecule has 6 nitrogen and oxygen atoms in total. The summed E-state index contributed by atoms with van der Waals surface area (Å²) in [6.07, 6.45) is 4.80. The predicted octanol–water partition coefficient (Wildman–Crippen LogP) is 2.04. The fraction of sp³-hybridized carbons (Fsp3) is 0.381. The van der Waals surface area contributed by atoms with Crippen LogP contribution >= 0.6 is 0 Å². The topological polar surface area (TPSA) is 71.5 Å². The van der Waals surface area contributed by atoms with E-state index in [1.807, 2.05) is 59.8 Å². The summed E-state index contributed by atoms with van der Waals surface area (Å²) in [5.74, 6) is 0.218. The molecule has 4 rings (SSSR count). The average molecular weight is 365 g/mol. The van der Waals surface area contributed by atoms with Gasteiger partial charge in [-0.1, -0.05) is 30.3 Å². The lowest BCUT2D eigenvalue weighted by molar-refractivity contribution is -0.156. The van der Waals surface area contributed by atoms with E-state index in [0.717, 1.165) is 18.4 Å². The van der Waals surface area contributed by atoms with Gasteiger partial charge >= 0.3 is 0 Å². The number of hydrogen-bond acceptors (Lipinski definition) is 4. The maximum absolute atomic E-state index is 13.1. The van der Waals surface area contributed by atoms with Gasteiger partial charge in [-0.3, -0.25) is 14.6 Å². The molecule has 0 radical (unpaired) electrons. The Balaban J connectivity index is 1.44. The summed E-state index contributed by atoms with van der Waals surface area (Å²) in [5.41, 5.74) is 2.16. The number of carbonyl (C=O) groups is 2. The van der Waals surface area contributed by atoms with Gasteiger partial charge in [0.1, 0.15) is 6.61 Å². The highest BCUT2D eigenvalue weighted by Crippen LogP contribution is 2.30. The quantitative estimate of drug-likeness (QED) is 0.904. The number of amides is 2. The molecule has 2 amide bonds. The lowest BCUT2D eigenvalue weighted by Gasteiger charge is -2.38. The van der Waals surface area contributed by atoms with Crippen molar-refractivity contribution in [2.45, 2.75) is 30.9 Å². The van der Waals surface area contributed by atoms with Gasteiger partial charge in [0, 0.05) is 25.5 Å². The molecule has 2 atom stereocenters. The van der Waals surface area contributed by atoms with Crippen molar-refractivity contribution < 1.29 is 14.3 Å². The minimum atomic E-state index is -0.678. The Morgan fingerprint density at radius 3 is 2.44 bits per heavy atom. The summed E-state index contributed by atoms with van der Waals surface area (Å²) in [6.45, 7) is 1.31. The van der Waals surface area contributed by atoms with Crippen molar-refractivity contribution in [2.24, 2.45) is 0 Å². The standard InChI is InChI=1S/C21H23N3O3/c25-18-14-27-20(19(23-18)17-4-2-1-3-5-17)21(26)24-12-8-16(9-13-24)15-6-10-22-11-7-15/h1-7,10-11,16,19-20H,8-9,12-14H2,(H,23,25)/t19-,20+/m1/s1. The van der Waals surface area contributed by atoms with Crippen LogP contribution in [0.15, 0.2) is 54.9 Å². The summed E-state index contributed by atoms with van der Waals surface area (Å²) < 4.78 is 5.67. The smallest absolute Gasteiger partial charge is 0.254 e. The van der Waals surface area contributed by atoms with E-state index >= 15 is 0 Å². The number of nitrogens with zero attached hydrogens (tertiary/aromatic N) is 2. The van der Waals surface area contributed by atoms with Crippen LogP contribution < -0.4 is 5.32 Å². The third-order valence-electron chi connectivity index (χ3n) is 5.40. The maximum atomic E-state index is 13.1. The molecule has 0 saturated carbocycles. The first-order valence-corrected chi connectivity index (χ1v) is 9.37. The van der Waals surface area contributed by atoms with E-state index in [-0.39, 0.29) is 18.4 Å². The lowest BCUT2D eigenvalue weighted by Crippen LogP contribution is -2.54. The van der Waals surface area contributed by atoms with E-state index in [2.05, 4.69) is 10.3 Å². The minimum absolute atomic E-state index is 0.0444. The zero-order valence-corrected chi connectivity index (χ0v) is 15.1. The SMILES string of the molecule is O=C1CO[C@H](C(=O)N2CCC(c3ccncc3)CC2)[C@@H](c2ccccc2)N1. The van der Waals surface area contributed by atoms with Crippen LogP contribution in [0.3, 0.4) is 0 Å². The number of hydrogen-bond donors (Lipinski definition) is 1. The zero-order chi connectivity index (χ0) is 18.6. The summed E-state index contributed by atoms with van der Waals surface area (Å²) in [5, 5.41) is 2.92. The molecule has 0 unspecified atom stereocenters. The third-order valence-corrected chi connectivity index (χ3v) is 5.40. The number of nitrogens with one attached hydrogen (secondary N) is 1. The van der Waals surface area contributed by atoms with Crippen molar-refractivity contribution in [2.75, 3.05) is 19.7 Å². The second-order valence-electron chi connectivity index (χ2n) is 7.07. The summed E-state index contributed by atoms with van der Waals surface area (Å²) in [4.78, 5) is 30.9. The van der Waals surface area contributed by atoms with Gasteiger partial charge in [0.2, 0.25) is 5.91 Å². The van der Waals surface area contributed by atoms with Crippen LogP contribution in [0.4, 0.5) is 0 Å². The highest BCUT2D eigenvalue weighted by Gasteiger charge is 2.39. The van der Waals surface area contributed by atoms with E-state index in [9.17, 15) is 9.59 Å². The van der Waals surface area contributed by atoms with Crippen LogP contribution in [0.25, 0.3) is 0 Å². The Labute approximate surface area is 158 Å². The first-order chi connectivity index (χ1) is 13.2. The number of piperidine rings is 1. The molecule has 140 valence electrons. The highest BCUT2D eigenvalue weighted by atomic mass is 16.5. The fourth-order valence-electron chi connectivity index (χ4n) is 3.93. The second-order valence-corrected chi connectivity index (χ2v) is 7.07. The van der Waals surface area contributed by atoms with Gasteiger partial charge in [-0.15, -0.1) is 0 Å². The van der Waals surface area contributed by atoms with Crippen molar-refractivity contribution >= 4 is 11.8 Å². The Morgan fingerprint density at radius 1 is 1.04 bits per heavy atom. The molecule has 2 aliphatic heterocycles. The van der Waals surface area contributed by atoms with Gasteiger partial charge in [0.25, 0.3) is 5.91 Å². The van der Waals surface area contributed by atoms with Crippen LogP contribution in [0, 0.1) is 0 Å². The minimum Gasteiger partial charge on any atom is -0.356 e. The first kappa shape index (κ1) is 17.7. The van der Waals surface area contributed by atoms with Crippen LogP contribution in [0.1, 0.15) is 35.9 Å². The Hall–Kier alpha value is -2.73. The molecule has 0 aliphatic carbocycles. The third kappa shape index (κ3) is 3.85. The number of morpholine rings is 1. The largest absolute Gasteiger partial charge is 0.356 e. The summed E-state index contributed by atoms with van der Waals surface area (Å²) in [7, 11) is 0. The molecule has 2 aromatic rings. The molecule has 0 spiro atoms. The van der Waals surface area contributed by atoms with Crippen molar-refractivity contribution in [1.82, 2.24) is 15.2 Å². The number of rotatable bonds is 3. The van der Waals surface area contributed by atoms with E-state index in [1.165, 1.54) is 5.56 Å². The maximum Gasteiger partial charge on any atom is 0.254 e. The fourth-order valence-corrected chi connectivity index (χ4v) is 3.93. The molecule has 2 fully saturated rings. The summed E-state index contributed by atoms with van der Waals surface area (Å²) >= 11 is 0. The van der Waals surface area contributed by atoms with Crippen LogP contribution in [-0.4, -0.2) is 47.5 Å². The number of aromatic nitrogens is 1. The Bertz CT molecular complexity index is 789. The van der Waals surface area contributed by atoms with Gasteiger partial charge < -0.3 is 15.0 Å². The number of likely N-dealkylation sites (tertiary alicyclic amines) is 1. The van der Waals surface area contributed by atoms with Crippen molar-refractivity contribution in [3.05, 3.63) is 66.0 Å². The van der Waals surface area contributed by atoms with Crippen molar-refractivity contribution in [3.63, 3.8) is 0 Å². The van der Waals surface area contributed by atoms with E-state index < -0.39 is 12.1 Å². The molecule has 1 aromatic heterocycles. The molecule has 2 saturated heterocycles. The van der Waals surface area contributed by atoms with Gasteiger partial charge in [-0.25, -0.2) is 0 Å². The van der Waals surface area contributed by atoms with E-state index in [4.69, 9.17) is 4.74 Å². The Morgan fingerprint density at radius 2 is 1.74 bits per heavy atom. The van der Waals surface area contributed by atoms with E-state index in [1.54, 1.807) is 0 Å². The monoisotopic (exact) mass is 365 g/mol. The number of ether oxygens (including phenoxy) is 1. The first-order valence-electron chi connectivity index (χ1n) is 9.37. The van der Waals surface area contributed by atoms with Gasteiger partial charge in [-0.05, 0) is 42.0 Å². The number of carbonyl (C=O) groups excluding carboxylic acids is 2. The molecule has 6 heteroatoms. The van der Waals surface area contributed by atoms with Crippen LogP contribution in [0.2, 0.25) is 0 Å². The summed E-state index contributed by atoms with van der Waals surface area (Å²) in [6, 6.07) is 13.2. The molecule has 1 N–H and O–H groups in total. The molecular formula is C21H23N3O3. The van der Waals surface area contributed by atoms with Crippen molar-refractivity contribution in [1.29, 1.82) is 0 Å². The molecule has 1 aromatic carbocycles. The molecule has 2 aliphatic rings. The van der Waals surface area contributed by atoms with Crippen LogP contribution in [-0.2, 0) is 14.3 Å². The zero-order valence-electron chi connectivity index (χ0n) is 15.1. The normalized spacial score (nSPS) is 23.7. The molecular weight excluding hydrogens is 342 g/mol. The predicted molar refractivity (Wildman–Crippen MR) is 99.9 cm³/mol. The van der Waals surface area contributed by atoms with Crippen LogP contribution in [0.5, 0.6) is 0 Å². The van der Waals surface area contributed by atoms with E-state index in [0.29, 0.717) is 19.0 Å². The number of benzene rings is 1. The average Bonchev–Trinajstić information content (AvgIpc) is 2.74. The number of pyridine rings is 1. The molecule has 27 heavy (non-hydrogen) atoms. The lowest BCUT2D eigenvalue weighted by atomic mass is 9.89. The van der Waals surface area contributed by atoms with Gasteiger partial charge in [0.05, 0.1) is 6.04 Å². The van der Waals surface area contributed by atoms with Crippen molar-refractivity contribution in [3.8, 4) is 0 Å². The molecule has 0 bridgehead atoms. The highest BCUT2D eigenvalue weighted by molar-refractivity contribution is 5.86. The van der Waals surface area contributed by atoms with Gasteiger partial charge in [-0.2, -0.15) is 0 Å². The second kappa shape index (κ2) is 7.88. The Kier molecular flexibility index (Phi) is 5.16. The molecule has 3 heterocycles. The van der Waals surface area contributed by atoms with Gasteiger partial charge in [0.15, 0.2) is 6.10 Å².